The lowest BCUT2D eigenvalue weighted by Crippen LogP contribution is -2.40. The molecule has 0 atom stereocenters. The fourth-order valence-electron chi connectivity index (χ4n) is 1.78. The van der Waals surface area contributed by atoms with E-state index in [-0.39, 0.29) is 23.8 Å². The molecule has 0 saturated heterocycles. The molecule has 0 saturated carbocycles. The molecule has 1 N–H and O–H groups in total. The number of carbonyl (C=O) groups excluding carboxylic acids is 1. The summed E-state index contributed by atoms with van der Waals surface area (Å²) in [5, 5.41) is 5.12. The molecule has 14 heteroatoms. The molecule has 1 amide bonds. The Bertz CT molecular complexity index is 985. The van der Waals surface area contributed by atoms with E-state index in [1.807, 2.05) is 0 Å². The molecule has 0 aliphatic carbocycles. The predicted molar refractivity (Wildman–Crippen MR) is 85.3 cm³/mol. The molecule has 0 bridgehead atoms. The minimum Gasteiger partial charge on any atom is -0.467 e. The van der Waals surface area contributed by atoms with Crippen LogP contribution in [0.5, 0.6) is 6.01 Å². The van der Waals surface area contributed by atoms with Gasteiger partial charge in [0.1, 0.15) is 0 Å². The summed E-state index contributed by atoms with van der Waals surface area (Å²) in [7, 11) is -1.91. The zero-order chi connectivity index (χ0) is 18.6. The molecule has 0 aromatic carbocycles. The van der Waals surface area contributed by atoms with E-state index >= 15 is 0 Å². The lowest BCUT2D eigenvalue weighted by atomic mass is 10.5. The Balaban J connectivity index is 2.27. The normalized spacial score (nSPS) is 12.4. The number of halogens is 1. The highest BCUT2D eigenvalue weighted by atomic mass is 32.2. The van der Waals surface area contributed by atoms with Crippen LogP contribution in [0.1, 0.15) is 6.42 Å². The van der Waals surface area contributed by atoms with E-state index in [0.717, 1.165) is 15.9 Å². The summed E-state index contributed by atoms with van der Waals surface area (Å²) in [4.78, 5) is 23.9. The summed E-state index contributed by atoms with van der Waals surface area (Å²) >= 11 is 0.998. The minimum atomic E-state index is -4.46. The van der Waals surface area contributed by atoms with Crippen molar-refractivity contribution in [3.63, 3.8) is 0 Å². The smallest absolute Gasteiger partial charge is 0.361 e. The number of alkyl halides is 1. The van der Waals surface area contributed by atoms with Crippen molar-refractivity contribution in [2.45, 2.75) is 13.0 Å². The van der Waals surface area contributed by atoms with E-state index in [1.54, 1.807) is 16.3 Å². The number of nitrogens with zero attached hydrogens (tertiary/aromatic N) is 5. The Morgan fingerprint density at radius 3 is 2.84 bits per heavy atom. The molecule has 11 nitrogen and oxygen atoms in total. The fraction of sp³-hybridized carbons (Fsp3) is 0.455. The molecular weight excluding hydrogens is 379 g/mol. The molecule has 2 aromatic rings. The molecular formula is C11H15FN6O5S2. The molecule has 25 heavy (non-hydrogen) atoms. The molecule has 138 valence electrons. The van der Waals surface area contributed by atoms with E-state index in [0.29, 0.717) is 4.68 Å². The second-order valence-electron chi connectivity index (χ2n) is 4.64. The zero-order valence-electron chi connectivity index (χ0n) is 13.2. The van der Waals surface area contributed by atoms with Gasteiger partial charge in [0.15, 0.2) is 0 Å². The van der Waals surface area contributed by atoms with Crippen LogP contribution in [0.15, 0.2) is 20.8 Å². The summed E-state index contributed by atoms with van der Waals surface area (Å²) in [5.41, 5.74) is -0.890. The molecule has 0 fully saturated rings. The summed E-state index contributed by atoms with van der Waals surface area (Å²) < 4.78 is 48.8. The Labute approximate surface area is 145 Å². The van der Waals surface area contributed by atoms with Crippen LogP contribution in [-0.2, 0) is 23.8 Å². The Kier molecular flexibility index (Phi) is 5.73. The minimum absolute atomic E-state index is 0.0553. The number of rotatable bonds is 6. The summed E-state index contributed by atoms with van der Waals surface area (Å²) in [6, 6.07) is -1.48. The van der Waals surface area contributed by atoms with Gasteiger partial charge in [0, 0.05) is 25.2 Å². The first-order valence-corrected chi connectivity index (χ1v) is 9.14. The number of amides is 1. The molecule has 2 heterocycles. The number of ether oxygens (including phenoxy) is 1. The van der Waals surface area contributed by atoms with Gasteiger partial charge < -0.3 is 9.30 Å². The van der Waals surface area contributed by atoms with Gasteiger partial charge in [0.2, 0.25) is 4.80 Å². The Morgan fingerprint density at radius 1 is 1.52 bits per heavy atom. The largest absolute Gasteiger partial charge is 0.467 e. The third-order valence-corrected chi connectivity index (χ3v) is 4.68. The average Bonchev–Trinajstić information content (AvgIpc) is 3.09. The third kappa shape index (κ3) is 4.33. The quantitative estimate of drug-likeness (QED) is 0.684. The highest BCUT2D eigenvalue weighted by molar-refractivity contribution is 7.88. The number of methoxy groups -OCH3 is 1. The van der Waals surface area contributed by atoms with Gasteiger partial charge in [-0.15, -0.1) is 25.5 Å². The molecule has 2 aromatic heterocycles. The molecule has 0 aliphatic rings. The second-order valence-corrected chi connectivity index (χ2v) is 6.85. The van der Waals surface area contributed by atoms with Gasteiger partial charge in [-0.25, -0.2) is 18.9 Å². The maximum atomic E-state index is 12.2. The van der Waals surface area contributed by atoms with Crippen molar-refractivity contribution in [1.29, 1.82) is 0 Å². The van der Waals surface area contributed by atoms with Crippen LogP contribution in [0, 0.1) is 0 Å². The lowest BCUT2D eigenvalue weighted by molar-refractivity contribution is 0.243. The number of nitrogens with one attached hydrogen (secondary N) is 1. The summed E-state index contributed by atoms with van der Waals surface area (Å²) in [5.74, 6) is 0. The van der Waals surface area contributed by atoms with Gasteiger partial charge in [-0.3, -0.25) is 4.39 Å². The van der Waals surface area contributed by atoms with E-state index in [1.165, 1.54) is 18.7 Å². The SMILES string of the molecule is COc1nn(C(=O)NS(=O)(=O)/N=c2\sccn2CCCF)c(=O)n1C. The van der Waals surface area contributed by atoms with Crippen LogP contribution < -0.4 is 20.0 Å². The van der Waals surface area contributed by atoms with Gasteiger partial charge in [0.25, 0.3) is 0 Å². The standard InChI is InChI=1S/C11H15FN6O5S2/c1-16-9(23-2)13-18(11(16)20)8(19)14-25(21,22)15-10-17(5-3-4-12)6-7-24-10/h6-7H,3-5H2,1-2H3,(H,14,19)/b15-10-. The first-order valence-electron chi connectivity index (χ1n) is 6.82. The van der Waals surface area contributed by atoms with E-state index in [9.17, 15) is 22.4 Å². The number of hydrogen-bond donors (Lipinski definition) is 1. The monoisotopic (exact) mass is 394 g/mol. The van der Waals surface area contributed by atoms with Crippen LogP contribution in [0.4, 0.5) is 9.18 Å². The van der Waals surface area contributed by atoms with Crippen molar-refractivity contribution >= 4 is 27.6 Å². The van der Waals surface area contributed by atoms with Gasteiger partial charge in [0.05, 0.1) is 13.8 Å². The van der Waals surface area contributed by atoms with Gasteiger partial charge in [-0.05, 0) is 6.42 Å². The van der Waals surface area contributed by atoms with Crippen molar-refractivity contribution in [3.05, 3.63) is 26.9 Å². The third-order valence-electron chi connectivity index (χ3n) is 2.92. The van der Waals surface area contributed by atoms with Crippen LogP contribution in [0.2, 0.25) is 0 Å². The van der Waals surface area contributed by atoms with Gasteiger partial charge in [-0.1, -0.05) is 0 Å². The molecule has 2 rings (SSSR count). The predicted octanol–water partition coefficient (Wildman–Crippen LogP) is -0.784. The maximum absolute atomic E-state index is 12.2. The summed E-state index contributed by atoms with van der Waals surface area (Å²) in [6.45, 7) is -0.324. The van der Waals surface area contributed by atoms with Crippen molar-refractivity contribution in [3.8, 4) is 6.01 Å². The molecule has 0 radical (unpaired) electrons. The fourth-order valence-corrected chi connectivity index (χ4v) is 3.53. The topological polar surface area (TPSA) is 130 Å². The van der Waals surface area contributed by atoms with Gasteiger partial charge >= 0.3 is 27.9 Å². The second kappa shape index (κ2) is 7.60. The van der Waals surface area contributed by atoms with E-state index in [4.69, 9.17) is 4.74 Å². The van der Waals surface area contributed by atoms with Crippen molar-refractivity contribution in [2.24, 2.45) is 11.4 Å². The lowest BCUT2D eigenvalue weighted by Gasteiger charge is -2.02. The van der Waals surface area contributed by atoms with Crippen LogP contribution in [0.25, 0.3) is 0 Å². The van der Waals surface area contributed by atoms with Crippen LogP contribution in [0.3, 0.4) is 0 Å². The van der Waals surface area contributed by atoms with Crippen molar-refractivity contribution < 1.29 is 22.3 Å². The van der Waals surface area contributed by atoms with Crippen molar-refractivity contribution in [2.75, 3.05) is 13.8 Å². The Hall–Kier alpha value is -2.48. The Morgan fingerprint density at radius 2 is 2.24 bits per heavy atom. The van der Waals surface area contributed by atoms with Gasteiger partial charge in [-0.2, -0.15) is 8.42 Å². The van der Waals surface area contributed by atoms with Crippen LogP contribution in [-0.4, -0.2) is 47.1 Å². The first kappa shape index (κ1) is 18.9. The number of aromatic nitrogens is 4. The van der Waals surface area contributed by atoms with Crippen molar-refractivity contribution in [1.82, 2.24) is 23.6 Å². The van der Waals surface area contributed by atoms with E-state index in [2.05, 4.69) is 9.50 Å². The average molecular weight is 394 g/mol. The number of carbonyl (C=O) groups is 1. The summed E-state index contributed by atoms with van der Waals surface area (Å²) in [6.07, 6.45) is 1.74. The number of aryl methyl sites for hydroxylation is 1. The number of hydrogen-bond acceptors (Lipinski definition) is 7. The highest BCUT2D eigenvalue weighted by Crippen LogP contribution is 1.99. The zero-order valence-corrected chi connectivity index (χ0v) is 14.9. The molecule has 0 unspecified atom stereocenters. The number of thiazole rings is 1. The molecule has 0 spiro atoms. The maximum Gasteiger partial charge on any atom is 0.361 e. The highest BCUT2D eigenvalue weighted by Gasteiger charge is 2.21. The molecule has 0 aliphatic heterocycles. The van der Waals surface area contributed by atoms with E-state index < -0.39 is 28.6 Å². The first-order chi connectivity index (χ1) is 11.8. The van der Waals surface area contributed by atoms with Crippen LogP contribution >= 0.6 is 11.3 Å².